The Labute approximate surface area is 182 Å². The van der Waals surface area contributed by atoms with Crippen molar-refractivity contribution in [1.29, 1.82) is 0 Å². The van der Waals surface area contributed by atoms with E-state index in [1.807, 2.05) is 27.7 Å². The van der Waals surface area contributed by atoms with Gasteiger partial charge >= 0.3 is 0 Å². The third-order valence-corrected chi connectivity index (χ3v) is 4.92. The average molecular weight is 433 g/mol. The highest BCUT2D eigenvalue weighted by molar-refractivity contribution is 6.24. The molecular formula is C22H32N4O5. The lowest BCUT2D eigenvalue weighted by atomic mass is 10.0. The molecule has 1 aromatic rings. The number of aldehydes is 1. The van der Waals surface area contributed by atoms with Crippen LogP contribution in [0.1, 0.15) is 61.3 Å². The number of imide groups is 1. The molecule has 0 fully saturated rings. The highest BCUT2D eigenvalue weighted by atomic mass is 16.5. The number of hydrogen-bond donors (Lipinski definition) is 3. The molecule has 1 aromatic carbocycles. The molecule has 9 nitrogen and oxygen atoms in total. The van der Waals surface area contributed by atoms with Crippen molar-refractivity contribution in [3.8, 4) is 0 Å². The summed E-state index contributed by atoms with van der Waals surface area (Å²) < 4.78 is 5.89. The molecule has 9 heteroatoms. The number of nitrogens with two attached hydrogens (primary N) is 1. The highest BCUT2D eigenvalue weighted by Crippen LogP contribution is 2.31. The second-order valence-electron chi connectivity index (χ2n) is 9.01. The van der Waals surface area contributed by atoms with Crippen molar-refractivity contribution in [3.63, 3.8) is 0 Å². The Morgan fingerprint density at radius 1 is 1.23 bits per heavy atom. The van der Waals surface area contributed by atoms with Crippen LogP contribution in [0.4, 0.5) is 5.69 Å². The first-order valence-corrected chi connectivity index (χ1v) is 10.2. The van der Waals surface area contributed by atoms with Gasteiger partial charge in [-0.05, 0) is 46.2 Å². The first-order chi connectivity index (χ1) is 14.4. The number of carbonyl (C=O) groups is 4. The molecular weight excluding hydrogens is 400 g/mol. The maximum atomic E-state index is 13.1. The van der Waals surface area contributed by atoms with Gasteiger partial charge < -0.3 is 25.9 Å². The fourth-order valence-electron chi connectivity index (χ4n) is 3.15. The largest absolute Gasteiger partial charge is 0.381 e. The van der Waals surface area contributed by atoms with Gasteiger partial charge in [-0.2, -0.15) is 0 Å². The van der Waals surface area contributed by atoms with E-state index in [-0.39, 0.29) is 29.9 Å². The number of anilines is 1. The predicted octanol–water partition coefficient (Wildman–Crippen LogP) is 1.32. The summed E-state index contributed by atoms with van der Waals surface area (Å²) in [6, 6.07) is 3.92. The molecule has 0 bridgehead atoms. The molecule has 1 aliphatic rings. The third-order valence-electron chi connectivity index (χ3n) is 4.92. The molecule has 170 valence electrons. The van der Waals surface area contributed by atoms with Crippen LogP contribution >= 0.6 is 0 Å². The normalized spacial score (nSPS) is 15.0. The van der Waals surface area contributed by atoms with Crippen LogP contribution < -0.4 is 16.4 Å². The van der Waals surface area contributed by atoms with Crippen molar-refractivity contribution in [3.05, 3.63) is 29.3 Å². The van der Waals surface area contributed by atoms with Crippen molar-refractivity contribution in [1.82, 2.24) is 10.2 Å². The Balaban J connectivity index is 2.19. The molecule has 3 amide bonds. The topological polar surface area (TPSA) is 131 Å². The minimum atomic E-state index is -1.01. The second-order valence-corrected chi connectivity index (χ2v) is 9.01. The second kappa shape index (κ2) is 9.57. The summed E-state index contributed by atoms with van der Waals surface area (Å²) >= 11 is 0. The molecule has 0 radical (unpaired) electrons. The molecule has 4 N–H and O–H groups in total. The van der Waals surface area contributed by atoms with Gasteiger partial charge in [0.15, 0.2) is 0 Å². The quantitative estimate of drug-likeness (QED) is 0.355. The van der Waals surface area contributed by atoms with E-state index in [1.165, 1.54) is 7.05 Å². The lowest BCUT2D eigenvalue weighted by Gasteiger charge is -2.30. The van der Waals surface area contributed by atoms with Crippen LogP contribution in [0.2, 0.25) is 0 Å². The van der Waals surface area contributed by atoms with Gasteiger partial charge in [0, 0.05) is 31.2 Å². The van der Waals surface area contributed by atoms with E-state index in [0.29, 0.717) is 25.1 Å². The van der Waals surface area contributed by atoms with E-state index in [9.17, 15) is 19.2 Å². The maximum Gasteiger partial charge on any atom is 0.264 e. The van der Waals surface area contributed by atoms with Crippen molar-refractivity contribution in [2.24, 2.45) is 5.73 Å². The number of rotatable bonds is 11. The summed E-state index contributed by atoms with van der Waals surface area (Å²) in [7, 11) is 1.48. The van der Waals surface area contributed by atoms with Crippen LogP contribution in [0, 0.1) is 0 Å². The monoisotopic (exact) mass is 432 g/mol. The first kappa shape index (κ1) is 24.5. The van der Waals surface area contributed by atoms with E-state index in [4.69, 9.17) is 10.5 Å². The maximum absolute atomic E-state index is 13.1. The summed E-state index contributed by atoms with van der Waals surface area (Å²) in [5, 5.41) is 5.65. The Hall–Kier alpha value is -2.78. The standard InChI is InChI=1S/C22H32N4O5/c1-21(2,23)13-31-22(3,4)12-25-16-8-6-7-15-18(16)20(30)26(19(15)29)14(11-27)9-10-17(28)24-5/h6-8,11,14,25H,9-10,12-13,23H2,1-5H3,(H,24,28). The first-order valence-electron chi connectivity index (χ1n) is 10.2. The number of carbonyl (C=O) groups excluding carboxylic acids is 4. The van der Waals surface area contributed by atoms with Crippen LogP contribution in [0.25, 0.3) is 0 Å². The van der Waals surface area contributed by atoms with Gasteiger partial charge in [0.25, 0.3) is 11.8 Å². The molecule has 1 aliphatic heterocycles. The van der Waals surface area contributed by atoms with Crippen molar-refractivity contribution < 1.29 is 23.9 Å². The number of nitrogens with one attached hydrogen (secondary N) is 2. The number of benzene rings is 1. The lowest BCUT2D eigenvalue weighted by Crippen LogP contribution is -2.43. The number of fused-ring (bicyclic) bond motifs is 1. The zero-order valence-corrected chi connectivity index (χ0v) is 18.8. The molecule has 1 atom stereocenters. The van der Waals surface area contributed by atoms with Gasteiger partial charge in [-0.25, -0.2) is 0 Å². The van der Waals surface area contributed by atoms with Crippen LogP contribution in [-0.4, -0.2) is 66.3 Å². The van der Waals surface area contributed by atoms with E-state index in [1.54, 1.807) is 18.2 Å². The Bertz CT molecular complexity index is 860. The van der Waals surface area contributed by atoms with E-state index < -0.39 is 29.0 Å². The molecule has 2 rings (SSSR count). The lowest BCUT2D eigenvalue weighted by molar-refractivity contribution is -0.121. The van der Waals surface area contributed by atoms with Gasteiger partial charge in [-0.1, -0.05) is 6.07 Å². The summed E-state index contributed by atoms with van der Waals surface area (Å²) in [6.45, 7) is 8.26. The van der Waals surface area contributed by atoms with Crippen LogP contribution in [0.5, 0.6) is 0 Å². The number of hydrogen-bond acceptors (Lipinski definition) is 7. The van der Waals surface area contributed by atoms with Gasteiger partial charge in [0.2, 0.25) is 5.91 Å². The van der Waals surface area contributed by atoms with Crippen molar-refractivity contribution >= 4 is 29.7 Å². The zero-order valence-electron chi connectivity index (χ0n) is 18.8. The van der Waals surface area contributed by atoms with Gasteiger partial charge in [0.05, 0.1) is 29.4 Å². The van der Waals surface area contributed by atoms with Crippen LogP contribution in [0.3, 0.4) is 0 Å². The molecule has 0 saturated carbocycles. The summed E-state index contributed by atoms with van der Waals surface area (Å²) in [5.74, 6) is -1.37. The molecule has 0 saturated heterocycles. The molecule has 31 heavy (non-hydrogen) atoms. The predicted molar refractivity (Wildman–Crippen MR) is 117 cm³/mol. The number of nitrogens with zero attached hydrogens (tertiary/aromatic N) is 1. The van der Waals surface area contributed by atoms with Gasteiger partial charge in [-0.3, -0.25) is 19.3 Å². The van der Waals surface area contributed by atoms with Crippen molar-refractivity contribution in [2.75, 3.05) is 25.5 Å². The molecule has 0 spiro atoms. The number of amides is 3. The van der Waals surface area contributed by atoms with Gasteiger partial charge in [0.1, 0.15) is 6.29 Å². The molecule has 0 aliphatic carbocycles. The summed E-state index contributed by atoms with van der Waals surface area (Å²) in [5.41, 5.74) is 5.85. The molecule has 1 heterocycles. The van der Waals surface area contributed by atoms with Gasteiger partial charge in [-0.15, -0.1) is 0 Å². The van der Waals surface area contributed by atoms with Crippen molar-refractivity contribution in [2.45, 2.75) is 57.7 Å². The SMILES string of the molecule is CNC(=O)CCC(C=O)N1C(=O)c2cccc(NCC(C)(C)OCC(C)(C)N)c2C1=O. The minimum Gasteiger partial charge on any atom is -0.381 e. The third kappa shape index (κ3) is 6.11. The Morgan fingerprint density at radius 2 is 1.90 bits per heavy atom. The Kier molecular flexibility index (Phi) is 7.56. The fraction of sp³-hybridized carbons (Fsp3) is 0.545. The van der Waals surface area contributed by atoms with Crippen LogP contribution in [-0.2, 0) is 14.3 Å². The molecule has 1 unspecified atom stereocenters. The van der Waals surface area contributed by atoms with Crippen LogP contribution in [0.15, 0.2) is 18.2 Å². The van der Waals surface area contributed by atoms with E-state index >= 15 is 0 Å². The fourth-order valence-corrected chi connectivity index (χ4v) is 3.15. The molecule has 0 aromatic heterocycles. The highest BCUT2D eigenvalue weighted by Gasteiger charge is 2.41. The van der Waals surface area contributed by atoms with E-state index in [0.717, 1.165) is 4.90 Å². The number of ether oxygens (including phenoxy) is 1. The average Bonchev–Trinajstić information content (AvgIpc) is 2.96. The summed E-state index contributed by atoms with van der Waals surface area (Å²) in [6.07, 6.45) is 0.623. The minimum absolute atomic E-state index is 0.0292. The zero-order chi connectivity index (χ0) is 23.4. The summed E-state index contributed by atoms with van der Waals surface area (Å²) in [4.78, 5) is 50.0. The Morgan fingerprint density at radius 3 is 2.48 bits per heavy atom. The van der Waals surface area contributed by atoms with E-state index in [2.05, 4.69) is 10.6 Å². The smallest absolute Gasteiger partial charge is 0.264 e.